The minimum atomic E-state index is 0.665. The van der Waals surface area contributed by atoms with Gasteiger partial charge in [-0.05, 0) is 25.1 Å². The summed E-state index contributed by atoms with van der Waals surface area (Å²) < 4.78 is 10.8. The standard InChI is InChI=1S/C12H18ClNO2/c1-4-5-16-12-7-10(13)9(8-14-2)6-11(12)15-3/h6-7,14H,4-5,8H2,1-3H3. The van der Waals surface area contributed by atoms with Crippen molar-refractivity contribution < 1.29 is 9.47 Å². The molecule has 0 spiro atoms. The van der Waals surface area contributed by atoms with Crippen molar-refractivity contribution in [1.29, 1.82) is 0 Å². The molecule has 0 aliphatic rings. The second kappa shape index (κ2) is 6.61. The second-order valence-corrected chi connectivity index (χ2v) is 3.88. The molecule has 0 atom stereocenters. The first-order valence-corrected chi connectivity index (χ1v) is 5.74. The van der Waals surface area contributed by atoms with Crippen molar-refractivity contribution in [1.82, 2.24) is 5.32 Å². The van der Waals surface area contributed by atoms with E-state index >= 15 is 0 Å². The highest BCUT2D eigenvalue weighted by Crippen LogP contribution is 2.33. The van der Waals surface area contributed by atoms with Gasteiger partial charge >= 0.3 is 0 Å². The summed E-state index contributed by atoms with van der Waals surface area (Å²) in [5.74, 6) is 1.43. The summed E-state index contributed by atoms with van der Waals surface area (Å²) in [7, 11) is 3.51. The molecule has 0 radical (unpaired) electrons. The molecule has 3 nitrogen and oxygen atoms in total. The van der Waals surface area contributed by atoms with Gasteiger partial charge in [-0.25, -0.2) is 0 Å². The van der Waals surface area contributed by atoms with E-state index in [0.29, 0.717) is 23.9 Å². The summed E-state index contributed by atoms with van der Waals surface area (Å²) >= 11 is 6.14. The molecule has 0 aromatic heterocycles. The van der Waals surface area contributed by atoms with Gasteiger partial charge in [0.1, 0.15) is 0 Å². The zero-order valence-corrected chi connectivity index (χ0v) is 10.7. The predicted molar refractivity (Wildman–Crippen MR) is 66.6 cm³/mol. The van der Waals surface area contributed by atoms with Crippen LogP contribution in [0, 0.1) is 0 Å². The summed E-state index contributed by atoms with van der Waals surface area (Å²) in [5.41, 5.74) is 1.00. The van der Waals surface area contributed by atoms with Gasteiger partial charge in [-0.1, -0.05) is 18.5 Å². The van der Waals surface area contributed by atoms with E-state index in [0.717, 1.165) is 17.7 Å². The minimum absolute atomic E-state index is 0.665. The fraction of sp³-hybridized carbons (Fsp3) is 0.500. The van der Waals surface area contributed by atoms with Crippen molar-refractivity contribution in [3.05, 3.63) is 22.7 Å². The molecule has 0 aliphatic heterocycles. The first-order chi connectivity index (χ1) is 7.72. The monoisotopic (exact) mass is 243 g/mol. The van der Waals surface area contributed by atoms with Crippen molar-refractivity contribution in [2.75, 3.05) is 20.8 Å². The molecule has 4 heteroatoms. The van der Waals surface area contributed by atoms with Crippen molar-refractivity contribution in [3.8, 4) is 11.5 Å². The minimum Gasteiger partial charge on any atom is -0.493 e. The molecule has 90 valence electrons. The Hall–Kier alpha value is -0.930. The molecular weight excluding hydrogens is 226 g/mol. The Kier molecular flexibility index (Phi) is 5.43. The maximum absolute atomic E-state index is 6.14. The smallest absolute Gasteiger partial charge is 0.162 e. The lowest BCUT2D eigenvalue weighted by molar-refractivity contribution is 0.294. The van der Waals surface area contributed by atoms with Crippen molar-refractivity contribution in [2.45, 2.75) is 19.9 Å². The molecule has 0 heterocycles. The molecule has 0 amide bonds. The fourth-order valence-corrected chi connectivity index (χ4v) is 1.61. The predicted octanol–water partition coefficient (Wildman–Crippen LogP) is 2.86. The Morgan fingerprint density at radius 3 is 2.62 bits per heavy atom. The van der Waals surface area contributed by atoms with Crippen LogP contribution < -0.4 is 14.8 Å². The van der Waals surface area contributed by atoms with Gasteiger partial charge in [0.25, 0.3) is 0 Å². The van der Waals surface area contributed by atoms with E-state index in [1.165, 1.54) is 0 Å². The molecule has 1 aromatic carbocycles. The van der Waals surface area contributed by atoms with Crippen LogP contribution in [0.4, 0.5) is 0 Å². The summed E-state index contributed by atoms with van der Waals surface area (Å²) in [6.45, 7) is 3.44. The van der Waals surface area contributed by atoms with E-state index in [2.05, 4.69) is 12.2 Å². The number of rotatable bonds is 6. The summed E-state index contributed by atoms with van der Waals surface area (Å²) in [6.07, 6.45) is 0.957. The molecule has 0 fully saturated rings. The molecule has 0 saturated heterocycles. The Balaban J connectivity index is 2.95. The molecule has 0 unspecified atom stereocenters. The lowest BCUT2D eigenvalue weighted by Gasteiger charge is -2.13. The number of halogens is 1. The summed E-state index contributed by atoms with van der Waals surface area (Å²) in [6, 6.07) is 3.71. The molecule has 16 heavy (non-hydrogen) atoms. The van der Waals surface area contributed by atoms with Gasteiger partial charge in [-0.2, -0.15) is 0 Å². The molecule has 1 N–H and O–H groups in total. The molecular formula is C12H18ClNO2. The average Bonchev–Trinajstić information content (AvgIpc) is 2.29. The molecule has 0 saturated carbocycles. The van der Waals surface area contributed by atoms with Gasteiger partial charge in [0, 0.05) is 17.6 Å². The largest absolute Gasteiger partial charge is 0.493 e. The normalized spacial score (nSPS) is 10.2. The third-order valence-corrected chi connectivity index (χ3v) is 2.51. The van der Waals surface area contributed by atoms with Gasteiger partial charge in [-0.3, -0.25) is 0 Å². The summed E-state index contributed by atoms with van der Waals surface area (Å²) in [4.78, 5) is 0. The van der Waals surface area contributed by atoms with Gasteiger partial charge in [0.2, 0.25) is 0 Å². The van der Waals surface area contributed by atoms with E-state index in [1.54, 1.807) is 7.11 Å². The number of hydrogen-bond acceptors (Lipinski definition) is 3. The lowest BCUT2D eigenvalue weighted by Crippen LogP contribution is -2.06. The third-order valence-electron chi connectivity index (χ3n) is 2.16. The zero-order chi connectivity index (χ0) is 12.0. The van der Waals surface area contributed by atoms with Crippen LogP contribution in [0.5, 0.6) is 11.5 Å². The van der Waals surface area contributed by atoms with Crippen molar-refractivity contribution in [3.63, 3.8) is 0 Å². The highest BCUT2D eigenvalue weighted by molar-refractivity contribution is 6.31. The molecule has 0 aliphatic carbocycles. The molecule has 1 rings (SSSR count). The van der Waals surface area contributed by atoms with Gasteiger partial charge < -0.3 is 14.8 Å². The third kappa shape index (κ3) is 3.29. The van der Waals surface area contributed by atoms with Crippen molar-refractivity contribution in [2.24, 2.45) is 0 Å². The van der Waals surface area contributed by atoms with E-state index in [4.69, 9.17) is 21.1 Å². The number of benzene rings is 1. The van der Waals surface area contributed by atoms with Gasteiger partial charge in [-0.15, -0.1) is 0 Å². The van der Waals surface area contributed by atoms with Crippen LogP contribution in [-0.4, -0.2) is 20.8 Å². The first-order valence-electron chi connectivity index (χ1n) is 5.36. The Morgan fingerprint density at radius 2 is 2.06 bits per heavy atom. The second-order valence-electron chi connectivity index (χ2n) is 3.47. The number of ether oxygens (including phenoxy) is 2. The van der Waals surface area contributed by atoms with E-state index in [1.807, 2.05) is 19.2 Å². The molecule has 0 bridgehead atoms. The fourth-order valence-electron chi connectivity index (χ4n) is 1.39. The van der Waals surface area contributed by atoms with Crippen LogP contribution in [0.15, 0.2) is 12.1 Å². The highest BCUT2D eigenvalue weighted by Gasteiger charge is 2.09. The van der Waals surface area contributed by atoms with Crippen LogP contribution in [0.2, 0.25) is 5.02 Å². The van der Waals surface area contributed by atoms with Crippen LogP contribution in [0.1, 0.15) is 18.9 Å². The van der Waals surface area contributed by atoms with Crippen LogP contribution >= 0.6 is 11.6 Å². The van der Waals surface area contributed by atoms with Gasteiger partial charge in [0.15, 0.2) is 11.5 Å². The van der Waals surface area contributed by atoms with Crippen LogP contribution in [-0.2, 0) is 6.54 Å². The van der Waals surface area contributed by atoms with Crippen LogP contribution in [0.25, 0.3) is 0 Å². The van der Waals surface area contributed by atoms with E-state index in [-0.39, 0.29) is 0 Å². The SMILES string of the molecule is CCCOc1cc(Cl)c(CNC)cc1OC. The lowest BCUT2D eigenvalue weighted by atomic mass is 10.2. The Bertz CT molecular complexity index is 342. The number of methoxy groups -OCH3 is 1. The quantitative estimate of drug-likeness (QED) is 0.834. The van der Waals surface area contributed by atoms with Crippen molar-refractivity contribution >= 4 is 11.6 Å². The number of hydrogen-bond donors (Lipinski definition) is 1. The van der Waals surface area contributed by atoms with Crippen LogP contribution in [0.3, 0.4) is 0 Å². The van der Waals surface area contributed by atoms with E-state index in [9.17, 15) is 0 Å². The topological polar surface area (TPSA) is 30.5 Å². The van der Waals surface area contributed by atoms with E-state index < -0.39 is 0 Å². The highest BCUT2D eigenvalue weighted by atomic mass is 35.5. The molecule has 1 aromatic rings. The summed E-state index contributed by atoms with van der Waals surface area (Å²) in [5, 5.41) is 3.75. The maximum Gasteiger partial charge on any atom is 0.162 e. The zero-order valence-electron chi connectivity index (χ0n) is 9.97. The van der Waals surface area contributed by atoms with Gasteiger partial charge in [0.05, 0.1) is 13.7 Å². The Morgan fingerprint density at radius 1 is 1.31 bits per heavy atom. The maximum atomic E-state index is 6.14. The number of nitrogens with one attached hydrogen (secondary N) is 1. The first kappa shape index (κ1) is 13.1. The Labute approximate surface area is 102 Å². The average molecular weight is 244 g/mol.